The molecule has 0 aromatic rings. The van der Waals surface area contributed by atoms with Crippen molar-refractivity contribution in [1.29, 1.82) is 0 Å². The van der Waals surface area contributed by atoms with E-state index in [1.807, 2.05) is 0 Å². The zero-order valence-electron chi connectivity index (χ0n) is 14.2. The molecule has 0 radical (unpaired) electrons. The Labute approximate surface area is 149 Å². The topological polar surface area (TPSA) is 188 Å². The van der Waals surface area contributed by atoms with Gasteiger partial charge in [0.1, 0.15) is 12.1 Å². The number of primary amides is 1. The Morgan fingerprint density at radius 2 is 1.69 bits per heavy atom. The van der Waals surface area contributed by atoms with Crippen LogP contribution in [0, 0.1) is 0 Å². The van der Waals surface area contributed by atoms with Crippen LogP contribution in [-0.4, -0.2) is 64.5 Å². The molecule has 1 heterocycles. The van der Waals surface area contributed by atoms with E-state index >= 15 is 0 Å². The molecule has 0 aliphatic carbocycles. The molecule has 1 aliphatic heterocycles. The second kappa shape index (κ2) is 10.3. The predicted octanol–water partition coefficient (Wildman–Crippen LogP) is -2.08. The summed E-state index contributed by atoms with van der Waals surface area (Å²) >= 11 is 0. The zero-order valence-corrected chi connectivity index (χ0v) is 14.2. The number of amides is 3. The third kappa shape index (κ3) is 7.47. The molecule has 0 saturated carbocycles. The van der Waals surface area contributed by atoms with E-state index in [4.69, 9.17) is 15.9 Å². The number of carbonyl (C=O) groups excluding carboxylic acids is 3. The highest BCUT2D eigenvalue weighted by Gasteiger charge is 2.30. The van der Waals surface area contributed by atoms with Crippen molar-refractivity contribution in [1.82, 2.24) is 16.0 Å². The largest absolute Gasteiger partial charge is 0.481 e. The SMILES string of the molecule is NC(=O)CCC(NC(=O)C(CCC(=O)O)NC(=O)C1CCCN1)C(=O)O. The molecule has 146 valence electrons. The van der Waals surface area contributed by atoms with Gasteiger partial charge in [0, 0.05) is 12.8 Å². The molecule has 7 N–H and O–H groups in total. The smallest absolute Gasteiger partial charge is 0.326 e. The Morgan fingerprint density at radius 3 is 2.19 bits per heavy atom. The number of rotatable bonds is 11. The van der Waals surface area contributed by atoms with Crippen molar-refractivity contribution in [3.63, 3.8) is 0 Å². The summed E-state index contributed by atoms with van der Waals surface area (Å²) in [6.07, 6.45) is 0.376. The van der Waals surface area contributed by atoms with Gasteiger partial charge in [-0.15, -0.1) is 0 Å². The number of hydrogen-bond acceptors (Lipinski definition) is 6. The van der Waals surface area contributed by atoms with E-state index in [2.05, 4.69) is 16.0 Å². The molecule has 0 aromatic heterocycles. The van der Waals surface area contributed by atoms with Crippen molar-refractivity contribution < 1.29 is 34.2 Å². The molecule has 11 heteroatoms. The maximum atomic E-state index is 12.3. The predicted molar refractivity (Wildman–Crippen MR) is 87.8 cm³/mol. The standard InChI is InChI=1S/C15H24N4O7/c16-11(20)5-3-10(15(25)26)19-14(24)9(4-6-12(21)22)18-13(23)8-2-1-7-17-8/h8-10,17H,1-7H2,(H2,16,20)(H,18,23)(H,19,24)(H,21,22)(H,25,26). The first-order valence-corrected chi connectivity index (χ1v) is 8.27. The van der Waals surface area contributed by atoms with Crippen LogP contribution in [0.25, 0.3) is 0 Å². The second-order valence-electron chi connectivity index (χ2n) is 6.05. The molecular formula is C15H24N4O7. The third-order valence-corrected chi connectivity index (χ3v) is 3.95. The molecule has 3 unspecified atom stereocenters. The Bertz CT molecular complexity index is 560. The summed E-state index contributed by atoms with van der Waals surface area (Å²) in [5.41, 5.74) is 4.97. The van der Waals surface area contributed by atoms with Gasteiger partial charge in [-0.3, -0.25) is 19.2 Å². The summed E-state index contributed by atoms with van der Waals surface area (Å²) < 4.78 is 0. The number of nitrogens with one attached hydrogen (secondary N) is 3. The van der Waals surface area contributed by atoms with Gasteiger partial charge in [0.25, 0.3) is 0 Å². The molecule has 0 aromatic carbocycles. The van der Waals surface area contributed by atoms with Crippen LogP contribution in [0.3, 0.4) is 0 Å². The van der Waals surface area contributed by atoms with Gasteiger partial charge in [-0.2, -0.15) is 0 Å². The van der Waals surface area contributed by atoms with Crippen molar-refractivity contribution in [3.05, 3.63) is 0 Å². The van der Waals surface area contributed by atoms with Gasteiger partial charge < -0.3 is 31.9 Å². The number of hydrogen-bond donors (Lipinski definition) is 6. The summed E-state index contributed by atoms with van der Waals surface area (Å²) in [6, 6.07) is -3.04. The van der Waals surface area contributed by atoms with Gasteiger partial charge in [0.05, 0.1) is 6.04 Å². The molecule has 0 spiro atoms. The molecule has 3 atom stereocenters. The number of carbonyl (C=O) groups is 5. The Morgan fingerprint density at radius 1 is 1.04 bits per heavy atom. The molecule has 1 fully saturated rings. The van der Waals surface area contributed by atoms with Gasteiger partial charge in [-0.1, -0.05) is 0 Å². The summed E-state index contributed by atoms with van der Waals surface area (Å²) in [4.78, 5) is 57.3. The van der Waals surface area contributed by atoms with E-state index in [-0.39, 0.29) is 25.7 Å². The van der Waals surface area contributed by atoms with Crippen LogP contribution in [0.4, 0.5) is 0 Å². The van der Waals surface area contributed by atoms with Gasteiger partial charge in [0.15, 0.2) is 0 Å². The van der Waals surface area contributed by atoms with Gasteiger partial charge in [0.2, 0.25) is 17.7 Å². The van der Waals surface area contributed by atoms with E-state index in [0.717, 1.165) is 6.42 Å². The van der Waals surface area contributed by atoms with E-state index in [1.54, 1.807) is 0 Å². The van der Waals surface area contributed by atoms with E-state index < -0.39 is 47.8 Å². The average molecular weight is 372 g/mol. The maximum Gasteiger partial charge on any atom is 0.326 e. The average Bonchev–Trinajstić information content (AvgIpc) is 3.08. The van der Waals surface area contributed by atoms with Crippen molar-refractivity contribution in [2.45, 2.75) is 56.7 Å². The number of carboxylic acids is 2. The first-order valence-electron chi connectivity index (χ1n) is 8.27. The quantitative estimate of drug-likeness (QED) is 0.238. The fraction of sp³-hybridized carbons (Fsp3) is 0.667. The molecule has 11 nitrogen and oxygen atoms in total. The molecule has 26 heavy (non-hydrogen) atoms. The highest BCUT2D eigenvalue weighted by molar-refractivity contribution is 5.92. The van der Waals surface area contributed by atoms with E-state index in [1.165, 1.54) is 0 Å². The lowest BCUT2D eigenvalue weighted by atomic mass is 10.1. The molecule has 3 amide bonds. The normalized spacial score (nSPS) is 18.5. The van der Waals surface area contributed by atoms with Gasteiger partial charge >= 0.3 is 11.9 Å². The van der Waals surface area contributed by atoms with E-state index in [0.29, 0.717) is 13.0 Å². The lowest BCUT2D eigenvalue weighted by molar-refractivity contribution is -0.143. The van der Waals surface area contributed by atoms with Crippen LogP contribution >= 0.6 is 0 Å². The molecule has 0 bridgehead atoms. The first kappa shape index (κ1) is 21.4. The first-order chi connectivity index (χ1) is 12.2. The van der Waals surface area contributed by atoms with Crippen molar-refractivity contribution in [2.75, 3.05) is 6.54 Å². The highest BCUT2D eigenvalue weighted by atomic mass is 16.4. The van der Waals surface area contributed by atoms with Gasteiger partial charge in [-0.05, 0) is 32.2 Å². The molecule has 1 aliphatic rings. The minimum absolute atomic E-state index is 0.193. The lowest BCUT2D eigenvalue weighted by Gasteiger charge is -2.22. The Kier molecular flexibility index (Phi) is 8.49. The minimum Gasteiger partial charge on any atom is -0.481 e. The Balaban J connectivity index is 2.73. The van der Waals surface area contributed by atoms with Crippen molar-refractivity contribution in [2.24, 2.45) is 5.73 Å². The van der Waals surface area contributed by atoms with Crippen LogP contribution < -0.4 is 21.7 Å². The van der Waals surface area contributed by atoms with E-state index in [9.17, 15) is 24.0 Å². The number of carboxylic acid groups (broad SMARTS) is 2. The maximum absolute atomic E-state index is 12.3. The fourth-order valence-corrected chi connectivity index (χ4v) is 2.53. The lowest BCUT2D eigenvalue weighted by Crippen LogP contribution is -2.54. The second-order valence-corrected chi connectivity index (χ2v) is 6.05. The monoisotopic (exact) mass is 372 g/mol. The zero-order chi connectivity index (χ0) is 19.7. The van der Waals surface area contributed by atoms with Crippen LogP contribution in [-0.2, 0) is 24.0 Å². The fourth-order valence-electron chi connectivity index (χ4n) is 2.53. The molecule has 1 rings (SSSR count). The summed E-state index contributed by atoms with van der Waals surface area (Å²) in [5, 5.41) is 25.6. The summed E-state index contributed by atoms with van der Waals surface area (Å²) in [6.45, 7) is 0.665. The van der Waals surface area contributed by atoms with Crippen molar-refractivity contribution >= 4 is 29.7 Å². The van der Waals surface area contributed by atoms with Crippen molar-refractivity contribution in [3.8, 4) is 0 Å². The third-order valence-electron chi connectivity index (χ3n) is 3.95. The van der Waals surface area contributed by atoms with Gasteiger partial charge in [-0.25, -0.2) is 4.79 Å². The molecular weight excluding hydrogens is 348 g/mol. The van der Waals surface area contributed by atoms with Crippen LogP contribution in [0.5, 0.6) is 0 Å². The summed E-state index contributed by atoms with van der Waals surface area (Å²) in [5.74, 6) is -4.50. The van der Waals surface area contributed by atoms with Crippen LogP contribution in [0.15, 0.2) is 0 Å². The Hall–Kier alpha value is -2.69. The number of aliphatic carboxylic acids is 2. The summed E-state index contributed by atoms with van der Waals surface area (Å²) in [7, 11) is 0. The molecule has 1 saturated heterocycles. The van der Waals surface area contributed by atoms with Crippen LogP contribution in [0.2, 0.25) is 0 Å². The van der Waals surface area contributed by atoms with Crippen LogP contribution in [0.1, 0.15) is 38.5 Å². The highest BCUT2D eigenvalue weighted by Crippen LogP contribution is 2.07. The minimum atomic E-state index is -1.37. The number of nitrogens with two attached hydrogens (primary N) is 1.